The molecule has 1 fully saturated rings. The summed E-state index contributed by atoms with van der Waals surface area (Å²) in [5.41, 5.74) is 0. The predicted octanol–water partition coefficient (Wildman–Crippen LogP) is 1.55. The van der Waals surface area contributed by atoms with Crippen LogP contribution in [0.1, 0.15) is 26.7 Å². The van der Waals surface area contributed by atoms with Crippen molar-refractivity contribution in [3.05, 3.63) is 24.3 Å². The molecule has 1 aromatic rings. The molecule has 118 valence electrons. The molecule has 0 saturated carbocycles. The van der Waals surface area contributed by atoms with Crippen LogP contribution in [0.4, 0.5) is 0 Å². The fraction of sp³-hybridized carbons (Fsp3) is 0.647. The van der Waals surface area contributed by atoms with Crippen LogP contribution in [0, 0.1) is 0 Å². The van der Waals surface area contributed by atoms with Gasteiger partial charge in [0.1, 0.15) is 36.8 Å². The summed E-state index contributed by atoms with van der Waals surface area (Å²) < 4.78 is 16.7. The number of methoxy groups -OCH3 is 1. The summed E-state index contributed by atoms with van der Waals surface area (Å²) >= 11 is 0. The van der Waals surface area contributed by atoms with Gasteiger partial charge in [-0.2, -0.15) is 0 Å². The van der Waals surface area contributed by atoms with E-state index in [0.717, 1.165) is 37.6 Å². The number of benzene rings is 1. The second kappa shape index (κ2) is 8.25. The fourth-order valence-corrected chi connectivity index (χ4v) is 2.95. The van der Waals surface area contributed by atoms with Gasteiger partial charge in [0.05, 0.1) is 20.3 Å². The Balaban J connectivity index is 1.61. The van der Waals surface area contributed by atoms with Crippen LogP contribution in [0.5, 0.6) is 11.5 Å². The van der Waals surface area contributed by atoms with Gasteiger partial charge in [0.15, 0.2) is 0 Å². The molecule has 0 unspecified atom stereocenters. The zero-order valence-corrected chi connectivity index (χ0v) is 13.4. The minimum Gasteiger partial charge on any atom is -0.497 e. The minimum atomic E-state index is 0.386. The maximum Gasteiger partial charge on any atom is 0.122 e. The first-order valence-electron chi connectivity index (χ1n) is 7.93. The molecule has 0 aliphatic carbocycles. The standard InChI is InChI=1S/C17H27NO3/c1-14-12-18(13-15(2)21-14)9-4-5-10-20-17-8-6-7-16(11-17)19-3/h6-8,11,14-15H,4-5,9-10,12-13H2,1-3H3/p+1/t14-,15-/m0/s1. The lowest BCUT2D eigenvalue weighted by atomic mass is 10.2. The number of morpholine rings is 1. The second-order valence-corrected chi connectivity index (χ2v) is 5.90. The first-order valence-corrected chi connectivity index (χ1v) is 7.93. The number of nitrogens with one attached hydrogen (secondary N) is 1. The Labute approximate surface area is 128 Å². The number of rotatable bonds is 7. The molecule has 0 bridgehead atoms. The molecule has 21 heavy (non-hydrogen) atoms. The predicted molar refractivity (Wildman–Crippen MR) is 83.3 cm³/mol. The number of quaternary nitrogens is 1. The lowest BCUT2D eigenvalue weighted by Gasteiger charge is -2.32. The highest BCUT2D eigenvalue weighted by atomic mass is 16.5. The van der Waals surface area contributed by atoms with E-state index in [-0.39, 0.29) is 0 Å². The van der Waals surface area contributed by atoms with E-state index in [1.165, 1.54) is 13.0 Å². The van der Waals surface area contributed by atoms with Crippen molar-refractivity contribution in [2.24, 2.45) is 0 Å². The molecule has 0 spiro atoms. The van der Waals surface area contributed by atoms with Crippen molar-refractivity contribution in [3.63, 3.8) is 0 Å². The largest absolute Gasteiger partial charge is 0.497 e. The van der Waals surface area contributed by atoms with E-state index in [0.29, 0.717) is 12.2 Å². The SMILES string of the molecule is COc1cccc(OCCCC[NH+]2C[C@H](C)O[C@@H](C)C2)c1. The number of unbranched alkanes of at least 4 members (excludes halogenated alkanes) is 1. The Morgan fingerprint density at radius 1 is 1.14 bits per heavy atom. The first kappa shape index (κ1) is 16.1. The molecule has 1 N–H and O–H groups in total. The highest BCUT2D eigenvalue weighted by Crippen LogP contribution is 2.18. The number of ether oxygens (including phenoxy) is 3. The summed E-state index contributed by atoms with van der Waals surface area (Å²) in [5, 5.41) is 0. The van der Waals surface area contributed by atoms with E-state index in [1.807, 2.05) is 24.3 Å². The third kappa shape index (κ3) is 5.56. The van der Waals surface area contributed by atoms with Crippen molar-refractivity contribution < 1.29 is 19.1 Å². The molecule has 1 aliphatic heterocycles. The van der Waals surface area contributed by atoms with Crippen LogP contribution < -0.4 is 14.4 Å². The highest BCUT2D eigenvalue weighted by molar-refractivity contribution is 5.32. The maximum absolute atomic E-state index is 5.77. The Morgan fingerprint density at radius 2 is 1.86 bits per heavy atom. The van der Waals surface area contributed by atoms with Crippen LogP contribution in [0.2, 0.25) is 0 Å². The van der Waals surface area contributed by atoms with Gasteiger partial charge >= 0.3 is 0 Å². The van der Waals surface area contributed by atoms with Gasteiger partial charge in [-0.1, -0.05) is 6.07 Å². The van der Waals surface area contributed by atoms with Crippen LogP contribution in [0.3, 0.4) is 0 Å². The van der Waals surface area contributed by atoms with Gasteiger partial charge in [-0.05, 0) is 38.8 Å². The van der Waals surface area contributed by atoms with Crippen LogP contribution in [0.15, 0.2) is 24.3 Å². The minimum absolute atomic E-state index is 0.386. The third-order valence-electron chi connectivity index (χ3n) is 3.85. The van der Waals surface area contributed by atoms with Crippen LogP contribution in [-0.4, -0.2) is 45.6 Å². The molecule has 1 saturated heterocycles. The van der Waals surface area contributed by atoms with E-state index in [2.05, 4.69) is 13.8 Å². The molecule has 2 rings (SSSR count). The summed E-state index contributed by atoms with van der Waals surface area (Å²) in [6.07, 6.45) is 3.05. The molecule has 1 heterocycles. The van der Waals surface area contributed by atoms with Crippen molar-refractivity contribution in [3.8, 4) is 11.5 Å². The van der Waals surface area contributed by atoms with Gasteiger partial charge in [0.25, 0.3) is 0 Å². The van der Waals surface area contributed by atoms with Gasteiger partial charge in [-0.3, -0.25) is 0 Å². The lowest BCUT2D eigenvalue weighted by molar-refractivity contribution is -0.915. The van der Waals surface area contributed by atoms with Crippen LogP contribution in [-0.2, 0) is 4.74 Å². The van der Waals surface area contributed by atoms with Crippen molar-refractivity contribution in [2.45, 2.75) is 38.9 Å². The zero-order chi connectivity index (χ0) is 15.1. The van der Waals surface area contributed by atoms with E-state index >= 15 is 0 Å². The topological polar surface area (TPSA) is 32.1 Å². The average Bonchev–Trinajstić information content (AvgIpc) is 2.46. The van der Waals surface area contributed by atoms with E-state index in [1.54, 1.807) is 12.0 Å². The maximum atomic E-state index is 5.77. The van der Waals surface area contributed by atoms with Gasteiger partial charge in [0, 0.05) is 6.07 Å². The van der Waals surface area contributed by atoms with Gasteiger partial charge < -0.3 is 19.1 Å². The van der Waals surface area contributed by atoms with E-state index in [9.17, 15) is 0 Å². The van der Waals surface area contributed by atoms with Crippen molar-refractivity contribution in [1.29, 1.82) is 0 Å². The number of hydrogen-bond acceptors (Lipinski definition) is 3. The summed E-state index contributed by atoms with van der Waals surface area (Å²) in [6, 6.07) is 7.78. The molecular formula is C17H28NO3+. The third-order valence-corrected chi connectivity index (χ3v) is 3.85. The molecule has 0 aromatic heterocycles. The Kier molecular flexibility index (Phi) is 6.33. The van der Waals surface area contributed by atoms with E-state index in [4.69, 9.17) is 14.2 Å². The normalized spacial score (nSPS) is 25.6. The van der Waals surface area contributed by atoms with Crippen molar-refractivity contribution in [1.82, 2.24) is 0 Å². The Hall–Kier alpha value is -1.26. The molecule has 1 aromatic carbocycles. The monoisotopic (exact) mass is 294 g/mol. The Bertz CT molecular complexity index is 414. The van der Waals surface area contributed by atoms with Crippen LogP contribution in [0.25, 0.3) is 0 Å². The molecule has 2 atom stereocenters. The average molecular weight is 294 g/mol. The van der Waals surface area contributed by atoms with Crippen LogP contribution >= 0.6 is 0 Å². The fourth-order valence-electron chi connectivity index (χ4n) is 2.95. The molecule has 1 aliphatic rings. The molecular weight excluding hydrogens is 266 g/mol. The Morgan fingerprint density at radius 3 is 2.57 bits per heavy atom. The molecule has 4 heteroatoms. The second-order valence-electron chi connectivity index (χ2n) is 5.90. The van der Waals surface area contributed by atoms with Gasteiger partial charge in [-0.15, -0.1) is 0 Å². The van der Waals surface area contributed by atoms with Crippen molar-refractivity contribution in [2.75, 3.05) is 33.4 Å². The summed E-state index contributed by atoms with van der Waals surface area (Å²) in [6.45, 7) is 8.56. The number of hydrogen-bond donors (Lipinski definition) is 1. The highest BCUT2D eigenvalue weighted by Gasteiger charge is 2.24. The van der Waals surface area contributed by atoms with Gasteiger partial charge in [-0.25, -0.2) is 0 Å². The quantitative estimate of drug-likeness (QED) is 0.774. The lowest BCUT2D eigenvalue weighted by Crippen LogP contribution is -3.15. The van der Waals surface area contributed by atoms with Gasteiger partial charge in [0.2, 0.25) is 0 Å². The smallest absolute Gasteiger partial charge is 0.122 e. The molecule has 0 radical (unpaired) electrons. The summed E-state index contributed by atoms with van der Waals surface area (Å²) in [4.78, 5) is 1.66. The van der Waals surface area contributed by atoms with Crippen molar-refractivity contribution >= 4 is 0 Å². The zero-order valence-electron chi connectivity index (χ0n) is 13.4. The summed E-state index contributed by atoms with van der Waals surface area (Å²) in [7, 11) is 1.67. The van der Waals surface area contributed by atoms with E-state index < -0.39 is 0 Å². The summed E-state index contributed by atoms with van der Waals surface area (Å²) in [5.74, 6) is 1.73. The molecule has 4 nitrogen and oxygen atoms in total. The molecule has 0 amide bonds. The first-order chi connectivity index (χ1) is 10.2.